The van der Waals surface area contributed by atoms with E-state index in [4.69, 9.17) is 9.72 Å². The van der Waals surface area contributed by atoms with E-state index < -0.39 is 0 Å². The van der Waals surface area contributed by atoms with Crippen LogP contribution in [0.3, 0.4) is 0 Å². The molecule has 2 unspecified atom stereocenters. The van der Waals surface area contributed by atoms with Crippen molar-refractivity contribution in [1.29, 1.82) is 0 Å². The number of rotatable bonds is 7. The van der Waals surface area contributed by atoms with Crippen molar-refractivity contribution < 1.29 is 9.84 Å². The maximum atomic E-state index is 10.2. The third kappa shape index (κ3) is 4.29. The molecule has 0 amide bonds. The first-order chi connectivity index (χ1) is 15.2. The maximum Gasteiger partial charge on any atom is 0.184 e. The second-order valence-electron chi connectivity index (χ2n) is 8.04. The Kier molecular flexibility index (Phi) is 5.61. The summed E-state index contributed by atoms with van der Waals surface area (Å²) in [5.74, 6) is 0.791. The molecule has 5 rings (SSSR count). The molecule has 2 atom stereocenters. The third-order valence-electron chi connectivity index (χ3n) is 5.81. The van der Waals surface area contributed by atoms with Crippen molar-refractivity contribution in [2.45, 2.75) is 44.2 Å². The molecule has 31 heavy (non-hydrogen) atoms. The summed E-state index contributed by atoms with van der Waals surface area (Å²) >= 11 is 1.65. The molecule has 0 radical (unpaired) electrons. The number of anilines is 1. The summed E-state index contributed by atoms with van der Waals surface area (Å²) in [4.78, 5) is 9.26. The number of hydrogen-bond acceptors (Lipinski definition) is 6. The van der Waals surface area contributed by atoms with Crippen LogP contribution in [0.15, 0.2) is 55.4 Å². The molecule has 1 aliphatic carbocycles. The molecule has 6 nitrogen and oxygen atoms in total. The Hall–Kier alpha value is -2.90. The van der Waals surface area contributed by atoms with E-state index in [1.54, 1.807) is 17.4 Å². The smallest absolute Gasteiger partial charge is 0.184 e. The van der Waals surface area contributed by atoms with Gasteiger partial charge in [0.2, 0.25) is 0 Å². The van der Waals surface area contributed by atoms with E-state index in [9.17, 15) is 5.11 Å². The number of thiazole rings is 1. The van der Waals surface area contributed by atoms with Crippen LogP contribution in [0.2, 0.25) is 0 Å². The minimum atomic E-state index is -0.283. The zero-order valence-electron chi connectivity index (χ0n) is 17.3. The summed E-state index contributed by atoms with van der Waals surface area (Å²) in [5.41, 5.74) is 4.20. The number of aromatic nitrogens is 3. The number of fused-ring (bicyclic) bond motifs is 2. The predicted molar refractivity (Wildman–Crippen MR) is 125 cm³/mol. The number of ether oxygens (including phenoxy) is 1. The first-order valence-electron chi connectivity index (χ1n) is 10.7. The molecule has 7 heteroatoms. The molecular formula is C24H26N4O2S. The average Bonchev–Trinajstić information content (AvgIpc) is 3.37. The number of pyridine rings is 1. The SMILES string of the molecule is C=CCOc1ccn2c(Cc3ccc4nc(NC5CCCCC5O)sc4c3)cnc2c1. The topological polar surface area (TPSA) is 71.7 Å². The number of hydrogen-bond donors (Lipinski definition) is 2. The minimum Gasteiger partial charge on any atom is -0.489 e. The Morgan fingerprint density at radius 3 is 3.03 bits per heavy atom. The van der Waals surface area contributed by atoms with Crippen molar-refractivity contribution in [3.8, 4) is 5.75 Å². The van der Waals surface area contributed by atoms with Crippen LogP contribution >= 0.6 is 11.3 Å². The largest absolute Gasteiger partial charge is 0.489 e. The highest BCUT2D eigenvalue weighted by atomic mass is 32.1. The first-order valence-corrected chi connectivity index (χ1v) is 11.5. The van der Waals surface area contributed by atoms with Gasteiger partial charge in [0, 0.05) is 30.6 Å². The van der Waals surface area contributed by atoms with Crippen molar-refractivity contribution in [1.82, 2.24) is 14.4 Å². The second-order valence-corrected chi connectivity index (χ2v) is 9.07. The van der Waals surface area contributed by atoms with Crippen LogP contribution in [0.4, 0.5) is 5.13 Å². The van der Waals surface area contributed by atoms with Crippen molar-refractivity contribution >= 4 is 32.3 Å². The van der Waals surface area contributed by atoms with Crippen LogP contribution in [-0.4, -0.2) is 38.2 Å². The fourth-order valence-electron chi connectivity index (χ4n) is 4.18. The van der Waals surface area contributed by atoms with Crippen molar-refractivity contribution in [3.63, 3.8) is 0 Å². The van der Waals surface area contributed by atoms with Gasteiger partial charge in [-0.25, -0.2) is 9.97 Å². The van der Waals surface area contributed by atoms with Gasteiger partial charge >= 0.3 is 0 Å². The number of benzene rings is 1. The van der Waals surface area contributed by atoms with Crippen LogP contribution in [-0.2, 0) is 6.42 Å². The van der Waals surface area contributed by atoms with Gasteiger partial charge in [-0.2, -0.15) is 0 Å². The first kappa shape index (κ1) is 20.0. The standard InChI is InChI=1S/C24H26N4O2S/c1-2-11-30-18-9-10-28-17(15-25-23(28)14-18)12-16-7-8-20-22(13-16)31-24(27-20)26-19-5-3-4-6-21(19)29/h2,7-10,13-15,19,21,29H,1,3-6,11-12H2,(H,26,27). The molecule has 0 saturated heterocycles. The number of aliphatic hydroxyl groups excluding tert-OH is 1. The van der Waals surface area contributed by atoms with Crippen LogP contribution in [0.1, 0.15) is 36.9 Å². The monoisotopic (exact) mass is 434 g/mol. The van der Waals surface area contributed by atoms with Crippen LogP contribution in [0, 0.1) is 0 Å². The van der Waals surface area contributed by atoms with E-state index in [0.717, 1.165) is 64.5 Å². The fraction of sp³-hybridized carbons (Fsp3) is 0.333. The third-order valence-corrected chi connectivity index (χ3v) is 6.76. The van der Waals surface area contributed by atoms with E-state index in [0.29, 0.717) is 6.61 Å². The Morgan fingerprint density at radius 1 is 1.26 bits per heavy atom. The fourth-order valence-corrected chi connectivity index (χ4v) is 5.17. The van der Waals surface area contributed by atoms with E-state index in [1.165, 1.54) is 5.56 Å². The van der Waals surface area contributed by atoms with Gasteiger partial charge < -0.3 is 19.6 Å². The molecule has 1 aromatic carbocycles. The lowest BCUT2D eigenvalue weighted by Gasteiger charge is -2.27. The zero-order valence-corrected chi connectivity index (χ0v) is 18.1. The van der Waals surface area contributed by atoms with E-state index in [-0.39, 0.29) is 12.1 Å². The molecule has 4 aromatic rings. The molecular weight excluding hydrogens is 408 g/mol. The van der Waals surface area contributed by atoms with E-state index in [2.05, 4.69) is 39.5 Å². The maximum absolute atomic E-state index is 10.2. The molecule has 0 bridgehead atoms. The van der Waals surface area contributed by atoms with Gasteiger partial charge in [-0.05, 0) is 36.6 Å². The lowest BCUT2D eigenvalue weighted by Crippen LogP contribution is -2.36. The van der Waals surface area contributed by atoms with Gasteiger partial charge in [0.05, 0.1) is 22.4 Å². The average molecular weight is 435 g/mol. The Balaban J connectivity index is 1.34. The molecule has 1 fully saturated rings. The molecule has 1 saturated carbocycles. The molecule has 1 aliphatic rings. The molecule has 3 aromatic heterocycles. The van der Waals surface area contributed by atoms with Gasteiger partial charge in [-0.3, -0.25) is 0 Å². The van der Waals surface area contributed by atoms with Crippen LogP contribution < -0.4 is 10.1 Å². The van der Waals surface area contributed by atoms with Gasteiger partial charge in [0.25, 0.3) is 0 Å². The summed E-state index contributed by atoms with van der Waals surface area (Å²) in [7, 11) is 0. The number of nitrogens with zero attached hydrogens (tertiary/aromatic N) is 3. The summed E-state index contributed by atoms with van der Waals surface area (Å²) in [6.45, 7) is 4.16. The van der Waals surface area contributed by atoms with Gasteiger partial charge in [0.15, 0.2) is 5.13 Å². The highest BCUT2D eigenvalue weighted by Gasteiger charge is 2.23. The number of imidazole rings is 1. The molecule has 0 aliphatic heterocycles. The van der Waals surface area contributed by atoms with Crippen molar-refractivity contribution in [3.05, 3.63) is 66.6 Å². The molecule has 160 valence electrons. The lowest BCUT2D eigenvalue weighted by molar-refractivity contribution is 0.116. The normalized spacial score (nSPS) is 19.0. The summed E-state index contributed by atoms with van der Waals surface area (Å²) in [6.07, 6.45) is 10.3. The van der Waals surface area contributed by atoms with Crippen LogP contribution in [0.25, 0.3) is 15.9 Å². The predicted octanol–water partition coefficient (Wildman–Crippen LogP) is 4.82. The highest BCUT2D eigenvalue weighted by molar-refractivity contribution is 7.22. The molecule has 2 N–H and O–H groups in total. The summed E-state index contributed by atoms with van der Waals surface area (Å²) in [5, 5.41) is 14.6. The van der Waals surface area contributed by atoms with Crippen LogP contribution in [0.5, 0.6) is 5.75 Å². The quantitative estimate of drug-likeness (QED) is 0.408. The minimum absolute atomic E-state index is 0.104. The Morgan fingerprint density at radius 2 is 2.16 bits per heavy atom. The Bertz CT molecular complexity index is 1210. The van der Waals surface area contributed by atoms with Crippen molar-refractivity contribution in [2.75, 3.05) is 11.9 Å². The molecule has 3 heterocycles. The number of nitrogens with one attached hydrogen (secondary N) is 1. The highest BCUT2D eigenvalue weighted by Crippen LogP contribution is 2.30. The Labute approximate surface area is 185 Å². The van der Waals surface area contributed by atoms with E-state index in [1.807, 2.05) is 24.5 Å². The second kappa shape index (κ2) is 8.69. The van der Waals surface area contributed by atoms with Crippen molar-refractivity contribution in [2.24, 2.45) is 0 Å². The molecule has 0 spiro atoms. The summed E-state index contributed by atoms with van der Waals surface area (Å²) < 4.78 is 8.85. The lowest BCUT2D eigenvalue weighted by atomic mass is 9.93. The van der Waals surface area contributed by atoms with Gasteiger partial charge in [0.1, 0.15) is 18.0 Å². The zero-order chi connectivity index (χ0) is 21.2. The van der Waals surface area contributed by atoms with Gasteiger partial charge in [-0.15, -0.1) is 0 Å². The van der Waals surface area contributed by atoms with Gasteiger partial charge in [-0.1, -0.05) is 42.9 Å². The summed E-state index contributed by atoms with van der Waals surface area (Å²) in [6, 6.07) is 10.4. The number of aliphatic hydroxyl groups is 1. The van der Waals surface area contributed by atoms with E-state index >= 15 is 0 Å².